The third-order valence-electron chi connectivity index (χ3n) is 3.95. The maximum atomic E-state index is 12.3. The summed E-state index contributed by atoms with van der Waals surface area (Å²) >= 11 is 0. The Morgan fingerprint density at radius 2 is 1.95 bits per heavy atom. The molecule has 114 valence electrons. The fourth-order valence-electron chi connectivity index (χ4n) is 2.73. The van der Waals surface area contributed by atoms with E-state index in [9.17, 15) is 9.59 Å². The molecule has 1 amide bonds. The normalized spacial score (nSPS) is 19.0. The van der Waals surface area contributed by atoms with E-state index < -0.39 is 0 Å². The van der Waals surface area contributed by atoms with Crippen LogP contribution in [0.25, 0.3) is 0 Å². The van der Waals surface area contributed by atoms with E-state index in [0.717, 1.165) is 25.1 Å². The van der Waals surface area contributed by atoms with Gasteiger partial charge in [-0.05, 0) is 17.9 Å². The van der Waals surface area contributed by atoms with Gasteiger partial charge in [0.1, 0.15) is 0 Å². The average Bonchev–Trinajstić information content (AvgIpc) is 2.85. The molecule has 0 aliphatic carbocycles. The smallest absolute Gasteiger partial charge is 0.217 e. The van der Waals surface area contributed by atoms with Gasteiger partial charge in [0.25, 0.3) is 0 Å². The molecule has 0 radical (unpaired) electrons. The van der Waals surface area contributed by atoms with Crippen molar-refractivity contribution in [2.75, 3.05) is 19.6 Å². The maximum Gasteiger partial charge on any atom is 0.217 e. The first-order chi connectivity index (χ1) is 9.95. The Morgan fingerprint density at radius 3 is 2.52 bits per heavy atom. The van der Waals surface area contributed by atoms with E-state index in [0.29, 0.717) is 12.5 Å². The van der Waals surface area contributed by atoms with Crippen molar-refractivity contribution in [2.24, 2.45) is 0 Å². The van der Waals surface area contributed by atoms with Gasteiger partial charge in [-0.3, -0.25) is 14.5 Å². The quantitative estimate of drug-likeness (QED) is 0.845. The molecule has 1 unspecified atom stereocenters. The van der Waals surface area contributed by atoms with Crippen LogP contribution in [0, 0.1) is 0 Å². The van der Waals surface area contributed by atoms with E-state index in [1.54, 1.807) is 0 Å². The first kappa shape index (κ1) is 15.7. The minimum Gasteiger partial charge on any atom is -0.352 e. The second-order valence-corrected chi connectivity index (χ2v) is 6.12. The number of hydrogen-bond donors (Lipinski definition) is 1. The van der Waals surface area contributed by atoms with E-state index in [2.05, 4.69) is 24.1 Å². The predicted molar refractivity (Wildman–Crippen MR) is 83.5 cm³/mol. The lowest BCUT2D eigenvalue weighted by molar-refractivity contribution is -0.119. The highest BCUT2D eigenvalue weighted by atomic mass is 16.1. The Hall–Kier alpha value is -1.68. The van der Waals surface area contributed by atoms with Gasteiger partial charge in [0.2, 0.25) is 5.91 Å². The van der Waals surface area contributed by atoms with Crippen LogP contribution in [0.5, 0.6) is 0 Å². The maximum absolute atomic E-state index is 12.3. The van der Waals surface area contributed by atoms with Crippen molar-refractivity contribution >= 4 is 11.7 Å². The number of carbonyl (C=O) groups excluding carboxylic acids is 2. The van der Waals surface area contributed by atoms with Crippen LogP contribution in [0.4, 0.5) is 0 Å². The molecule has 1 aliphatic rings. The highest BCUT2D eigenvalue weighted by molar-refractivity contribution is 5.97. The summed E-state index contributed by atoms with van der Waals surface area (Å²) in [6.45, 7) is 7.86. The number of carbonyl (C=O) groups is 2. The average molecular weight is 288 g/mol. The molecule has 4 heteroatoms. The number of amides is 1. The van der Waals surface area contributed by atoms with Crippen molar-refractivity contribution in [3.63, 3.8) is 0 Å². The Bertz CT molecular complexity index is 508. The third kappa shape index (κ3) is 4.39. The molecule has 0 bridgehead atoms. The van der Waals surface area contributed by atoms with Crippen LogP contribution in [0.3, 0.4) is 0 Å². The molecule has 1 atom stereocenters. The van der Waals surface area contributed by atoms with Crippen molar-refractivity contribution < 1.29 is 9.59 Å². The van der Waals surface area contributed by atoms with Gasteiger partial charge in [-0.1, -0.05) is 38.1 Å². The Balaban J connectivity index is 1.88. The van der Waals surface area contributed by atoms with Crippen LogP contribution < -0.4 is 5.32 Å². The predicted octanol–water partition coefficient (Wildman–Crippen LogP) is 2.20. The second kappa shape index (κ2) is 6.85. The van der Waals surface area contributed by atoms with Crippen LogP contribution in [0.1, 0.15) is 49.0 Å². The van der Waals surface area contributed by atoms with Gasteiger partial charge < -0.3 is 5.32 Å². The van der Waals surface area contributed by atoms with Gasteiger partial charge in [-0.2, -0.15) is 0 Å². The molecule has 21 heavy (non-hydrogen) atoms. The fourth-order valence-corrected chi connectivity index (χ4v) is 2.73. The first-order valence-electron chi connectivity index (χ1n) is 7.58. The molecule has 0 aromatic heterocycles. The number of Topliss-reactive ketones (excluding diaryl/α,β-unsaturated/α-hetero) is 1. The Labute approximate surface area is 126 Å². The summed E-state index contributed by atoms with van der Waals surface area (Å²) in [5.41, 5.74) is 2.01. The van der Waals surface area contributed by atoms with Crippen molar-refractivity contribution in [1.82, 2.24) is 10.2 Å². The molecule has 1 saturated heterocycles. The van der Waals surface area contributed by atoms with Crippen molar-refractivity contribution in [3.05, 3.63) is 35.4 Å². The Kier molecular flexibility index (Phi) is 5.12. The molecule has 1 heterocycles. The van der Waals surface area contributed by atoms with Crippen LogP contribution in [0.15, 0.2) is 24.3 Å². The monoisotopic (exact) mass is 288 g/mol. The highest BCUT2D eigenvalue weighted by Gasteiger charge is 2.24. The summed E-state index contributed by atoms with van der Waals surface area (Å²) in [6, 6.07) is 8.07. The zero-order valence-corrected chi connectivity index (χ0v) is 13.1. The molecule has 1 fully saturated rings. The summed E-state index contributed by atoms with van der Waals surface area (Å²) in [5.74, 6) is 0.623. The molecule has 1 aliphatic heterocycles. The molecule has 0 spiro atoms. The van der Waals surface area contributed by atoms with Gasteiger partial charge in [-0.15, -0.1) is 0 Å². The van der Waals surface area contributed by atoms with E-state index in [1.165, 1.54) is 12.5 Å². The number of nitrogens with one attached hydrogen (secondary N) is 1. The number of hydrogen-bond acceptors (Lipinski definition) is 3. The topological polar surface area (TPSA) is 49.4 Å². The first-order valence-corrected chi connectivity index (χ1v) is 7.58. The molecule has 1 aromatic rings. The van der Waals surface area contributed by atoms with Gasteiger partial charge in [0, 0.05) is 31.6 Å². The lowest BCUT2D eigenvalue weighted by atomic mass is 10.0. The van der Waals surface area contributed by atoms with E-state index in [-0.39, 0.29) is 17.7 Å². The van der Waals surface area contributed by atoms with Crippen LogP contribution in [0.2, 0.25) is 0 Å². The SMILES string of the molecule is CC(=O)NC1CCN(CC(=O)c2ccc(C(C)C)cc2)C1. The molecule has 2 rings (SSSR count). The minimum absolute atomic E-state index is 0.00236. The number of benzene rings is 1. The van der Waals surface area contributed by atoms with Crippen molar-refractivity contribution in [3.8, 4) is 0 Å². The zero-order valence-electron chi connectivity index (χ0n) is 13.1. The largest absolute Gasteiger partial charge is 0.352 e. The van der Waals surface area contributed by atoms with Gasteiger partial charge in [0.05, 0.1) is 6.54 Å². The van der Waals surface area contributed by atoms with Crippen molar-refractivity contribution in [2.45, 2.75) is 39.2 Å². The minimum atomic E-state index is -0.00236. The van der Waals surface area contributed by atoms with Crippen LogP contribution >= 0.6 is 0 Å². The van der Waals surface area contributed by atoms with Gasteiger partial charge >= 0.3 is 0 Å². The molecule has 1 aromatic carbocycles. The summed E-state index contributed by atoms with van der Waals surface area (Å²) < 4.78 is 0. The number of likely N-dealkylation sites (tertiary alicyclic amines) is 1. The van der Waals surface area contributed by atoms with Crippen LogP contribution in [-0.2, 0) is 4.79 Å². The second-order valence-electron chi connectivity index (χ2n) is 6.12. The fraction of sp³-hybridized carbons (Fsp3) is 0.529. The summed E-state index contributed by atoms with van der Waals surface area (Å²) in [4.78, 5) is 25.4. The molecular formula is C17H24N2O2. The summed E-state index contributed by atoms with van der Waals surface area (Å²) in [6.07, 6.45) is 0.916. The Morgan fingerprint density at radius 1 is 1.29 bits per heavy atom. The van der Waals surface area contributed by atoms with Gasteiger partial charge in [-0.25, -0.2) is 0 Å². The standard InChI is InChI=1S/C17H24N2O2/c1-12(2)14-4-6-15(7-5-14)17(21)11-19-9-8-16(10-19)18-13(3)20/h4-7,12,16H,8-11H2,1-3H3,(H,18,20). The summed E-state index contributed by atoms with van der Waals surface area (Å²) in [7, 11) is 0. The number of ketones is 1. The lowest BCUT2D eigenvalue weighted by Crippen LogP contribution is -2.36. The van der Waals surface area contributed by atoms with E-state index >= 15 is 0 Å². The third-order valence-corrected chi connectivity index (χ3v) is 3.95. The van der Waals surface area contributed by atoms with Gasteiger partial charge in [0.15, 0.2) is 5.78 Å². The molecule has 4 nitrogen and oxygen atoms in total. The summed E-state index contributed by atoms with van der Waals surface area (Å²) in [5, 5.41) is 2.91. The molecule has 0 saturated carbocycles. The van der Waals surface area contributed by atoms with Crippen LogP contribution in [-0.4, -0.2) is 42.3 Å². The molecule has 1 N–H and O–H groups in total. The molecular weight excluding hydrogens is 264 g/mol. The lowest BCUT2D eigenvalue weighted by Gasteiger charge is -2.15. The van der Waals surface area contributed by atoms with Crippen molar-refractivity contribution in [1.29, 1.82) is 0 Å². The van der Waals surface area contributed by atoms with E-state index in [1.807, 2.05) is 24.3 Å². The highest BCUT2D eigenvalue weighted by Crippen LogP contribution is 2.16. The number of nitrogens with zero attached hydrogens (tertiary/aromatic N) is 1. The number of rotatable bonds is 5. The zero-order chi connectivity index (χ0) is 15.4. The van der Waals surface area contributed by atoms with E-state index in [4.69, 9.17) is 0 Å².